The molecule has 1 aliphatic rings. The monoisotopic (exact) mass is 272 g/mol. The second-order valence-electron chi connectivity index (χ2n) is 5.06. The largest absolute Gasteiger partial charge is 0.361 e. The zero-order valence-electron chi connectivity index (χ0n) is 11.4. The minimum absolute atomic E-state index is 0.185. The van der Waals surface area contributed by atoms with Crippen molar-refractivity contribution in [1.29, 1.82) is 0 Å². The molecular formula is C16H17FN2O. The van der Waals surface area contributed by atoms with Crippen molar-refractivity contribution in [1.82, 2.24) is 9.88 Å². The van der Waals surface area contributed by atoms with Crippen molar-refractivity contribution < 1.29 is 9.18 Å². The van der Waals surface area contributed by atoms with Crippen molar-refractivity contribution in [3.63, 3.8) is 0 Å². The molecule has 1 aliphatic heterocycles. The molecular weight excluding hydrogens is 255 g/mol. The van der Waals surface area contributed by atoms with Gasteiger partial charge in [-0.1, -0.05) is 13.0 Å². The van der Waals surface area contributed by atoms with E-state index >= 15 is 0 Å². The number of fused-ring (bicyclic) bond motifs is 1. The molecule has 0 atom stereocenters. The smallest absolute Gasteiger partial charge is 0.222 e. The zero-order chi connectivity index (χ0) is 14.1. The van der Waals surface area contributed by atoms with Gasteiger partial charge in [-0.25, -0.2) is 4.39 Å². The number of aromatic nitrogens is 1. The van der Waals surface area contributed by atoms with Crippen molar-refractivity contribution in [2.75, 3.05) is 13.1 Å². The van der Waals surface area contributed by atoms with Crippen LogP contribution in [0.15, 0.2) is 30.5 Å². The van der Waals surface area contributed by atoms with Crippen molar-refractivity contribution in [3.8, 4) is 0 Å². The van der Waals surface area contributed by atoms with Crippen LogP contribution in [0.2, 0.25) is 0 Å². The van der Waals surface area contributed by atoms with Crippen LogP contribution in [0, 0.1) is 5.82 Å². The van der Waals surface area contributed by atoms with Crippen LogP contribution in [0.25, 0.3) is 16.5 Å². The SMILES string of the molecule is CCC(=O)N1CC=C(c2c[nH]c3ccc(F)cc23)CC1. The normalized spacial score (nSPS) is 15.5. The van der Waals surface area contributed by atoms with Crippen LogP contribution in [0.3, 0.4) is 0 Å². The van der Waals surface area contributed by atoms with Gasteiger partial charge in [0.2, 0.25) is 5.91 Å². The number of hydrogen-bond donors (Lipinski definition) is 1. The van der Waals surface area contributed by atoms with Gasteiger partial charge in [0.05, 0.1) is 0 Å². The van der Waals surface area contributed by atoms with E-state index in [1.54, 1.807) is 12.1 Å². The first-order valence-electron chi connectivity index (χ1n) is 6.93. The topological polar surface area (TPSA) is 36.1 Å². The summed E-state index contributed by atoms with van der Waals surface area (Å²) in [7, 11) is 0. The molecule has 1 aromatic heterocycles. The van der Waals surface area contributed by atoms with Gasteiger partial charge in [0.15, 0.2) is 0 Å². The van der Waals surface area contributed by atoms with Crippen LogP contribution in [-0.2, 0) is 4.79 Å². The number of carbonyl (C=O) groups excluding carboxylic acids is 1. The van der Waals surface area contributed by atoms with Crippen molar-refractivity contribution in [3.05, 3.63) is 41.9 Å². The molecule has 2 heterocycles. The lowest BCUT2D eigenvalue weighted by Crippen LogP contribution is -2.34. The van der Waals surface area contributed by atoms with Crippen LogP contribution in [0.1, 0.15) is 25.3 Å². The summed E-state index contributed by atoms with van der Waals surface area (Å²) in [6, 6.07) is 4.77. The minimum Gasteiger partial charge on any atom is -0.361 e. The summed E-state index contributed by atoms with van der Waals surface area (Å²) in [5.41, 5.74) is 3.17. The number of carbonyl (C=O) groups is 1. The Morgan fingerprint density at radius 3 is 3.00 bits per heavy atom. The van der Waals surface area contributed by atoms with Crippen LogP contribution in [0.5, 0.6) is 0 Å². The van der Waals surface area contributed by atoms with E-state index in [2.05, 4.69) is 11.1 Å². The molecule has 0 radical (unpaired) electrons. The highest BCUT2D eigenvalue weighted by atomic mass is 19.1. The average molecular weight is 272 g/mol. The summed E-state index contributed by atoms with van der Waals surface area (Å²) in [5.74, 6) is -0.0391. The molecule has 2 aromatic rings. The average Bonchev–Trinajstić information content (AvgIpc) is 2.89. The van der Waals surface area contributed by atoms with Crippen molar-refractivity contribution >= 4 is 22.4 Å². The lowest BCUT2D eigenvalue weighted by atomic mass is 9.99. The first-order valence-corrected chi connectivity index (χ1v) is 6.93. The standard InChI is InChI=1S/C16H17FN2O/c1-2-16(20)19-7-5-11(6-8-19)14-10-18-15-4-3-12(17)9-13(14)15/h3-5,9-10,18H,2,6-8H2,1H3. The molecule has 0 unspecified atom stereocenters. The quantitative estimate of drug-likeness (QED) is 0.894. The second kappa shape index (κ2) is 5.12. The third-order valence-electron chi connectivity index (χ3n) is 3.85. The molecule has 3 rings (SSSR count). The van der Waals surface area contributed by atoms with E-state index in [1.807, 2.05) is 18.0 Å². The van der Waals surface area contributed by atoms with Gasteiger partial charge in [-0.2, -0.15) is 0 Å². The van der Waals surface area contributed by atoms with Gasteiger partial charge in [0, 0.05) is 42.2 Å². The van der Waals surface area contributed by atoms with Crippen LogP contribution in [0.4, 0.5) is 4.39 Å². The predicted molar refractivity (Wildman–Crippen MR) is 77.7 cm³/mol. The van der Waals surface area contributed by atoms with E-state index in [9.17, 15) is 9.18 Å². The minimum atomic E-state index is -0.224. The molecule has 20 heavy (non-hydrogen) atoms. The van der Waals surface area contributed by atoms with Gasteiger partial charge in [-0.05, 0) is 30.2 Å². The van der Waals surface area contributed by atoms with E-state index in [-0.39, 0.29) is 11.7 Å². The highest BCUT2D eigenvalue weighted by Gasteiger charge is 2.18. The summed E-state index contributed by atoms with van der Waals surface area (Å²) in [6.07, 6.45) is 5.36. The van der Waals surface area contributed by atoms with Crippen LogP contribution >= 0.6 is 0 Å². The molecule has 0 saturated carbocycles. The summed E-state index contributed by atoms with van der Waals surface area (Å²) in [4.78, 5) is 16.7. The summed E-state index contributed by atoms with van der Waals surface area (Å²) in [5, 5.41) is 0.909. The van der Waals surface area contributed by atoms with E-state index < -0.39 is 0 Å². The van der Waals surface area contributed by atoms with E-state index in [0.717, 1.165) is 29.4 Å². The Hall–Kier alpha value is -2.10. The van der Waals surface area contributed by atoms with E-state index in [0.29, 0.717) is 13.0 Å². The zero-order valence-corrected chi connectivity index (χ0v) is 11.4. The number of nitrogens with zero attached hydrogens (tertiary/aromatic N) is 1. The predicted octanol–water partition coefficient (Wildman–Crippen LogP) is 3.33. The fourth-order valence-electron chi connectivity index (χ4n) is 2.72. The van der Waals surface area contributed by atoms with Gasteiger partial charge in [-0.15, -0.1) is 0 Å². The number of benzene rings is 1. The molecule has 0 bridgehead atoms. The number of nitrogens with one attached hydrogen (secondary N) is 1. The van der Waals surface area contributed by atoms with Crippen LogP contribution in [-0.4, -0.2) is 28.9 Å². The van der Waals surface area contributed by atoms with Gasteiger partial charge in [-0.3, -0.25) is 4.79 Å². The number of hydrogen-bond acceptors (Lipinski definition) is 1. The fraction of sp³-hybridized carbons (Fsp3) is 0.312. The first kappa shape index (κ1) is 12.9. The highest BCUT2D eigenvalue weighted by Crippen LogP contribution is 2.29. The number of rotatable bonds is 2. The highest BCUT2D eigenvalue weighted by molar-refractivity contribution is 5.93. The number of amides is 1. The Morgan fingerprint density at radius 2 is 2.30 bits per heavy atom. The van der Waals surface area contributed by atoms with Gasteiger partial charge < -0.3 is 9.88 Å². The third-order valence-corrected chi connectivity index (χ3v) is 3.85. The number of aromatic amines is 1. The van der Waals surface area contributed by atoms with Crippen molar-refractivity contribution in [2.24, 2.45) is 0 Å². The molecule has 104 valence electrons. The summed E-state index contributed by atoms with van der Waals surface area (Å²) < 4.78 is 13.4. The van der Waals surface area contributed by atoms with Gasteiger partial charge in [0.25, 0.3) is 0 Å². The first-order chi connectivity index (χ1) is 9.69. The summed E-state index contributed by atoms with van der Waals surface area (Å²) >= 11 is 0. The molecule has 4 heteroatoms. The fourth-order valence-corrected chi connectivity index (χ4v) is 2.72. The van der Waals surface area contributed by atoms with Crippen molar-refractivity contribution in [2.45, 2.75) is 19.8 Å². The Balaban J connectivity index is 1.91. The maximum absolute atomic E-state index is 13.4. The molecule has 3 nitrogen and oxygen atoms in total. The Morgan fingerprint density at radius 1 is 1.45 bits per heavy atom. The molecule has 0 saturated heterocycles. The Labute approximate surface area is 117 Å². The molecule has 0 spiro atoms. The Bertz CT molecular complexity index is 687. The van der Waals surface area contributed by atoms with E-state index in [1.165, 1.54) is 11.6 Å². The summed E-state index contributed by atoms with van der Waals surface area (Å²) in [6.45, 7) is 3.26. The van der Waals surface area contributed by atoms with Gasteiger partial charge >= 0.3 is 0 Å². The van der Waals surface area contributed by atoms with Crippen LogP contribution < -0.4 is 0 Å². The maximum atomic E-state index is 13.4. The lowest BCUT2D eigenvalue weighted by Gasteiger charge is -2.26. The van der Waals surface area contributed by atoms with Gasteiger partial charge in [0.1, 0.15) is 5.82 Å². The number of halogens is 1. The molecule has 0 fully saturated rings. The number of H-pyrrole nitrogens is 1. The molecule has 1 aromatic carbocycles. The Kier molecular flexibility index (Phi) is 3.30. The molecule has 0 aliphatic carbocycles. The molecule has 1 N–H and O–H groups in total. The third kappa shape index (κ3) is 2.22. The lowest BCUT2D eigenvalue weighted by molar-refractivity contribution is -0.130. The molecule has 1 amide bonds. The maximum Gasteiger partial charge on any atom is 0.222 e. The van der Waals surface area contributed by atoms with E-state index in [4.69, 9.17) is 0 Å². The second-order valence-corrected chi connectivity index (χ2v) is 5.06.